The van der Waals surface area contributed by atoms with Crippen LogP contribution in [0.4, 0.5) is 11.4 Å². The summed E-state index contributed by atoms with van der Waals surface area (Å²) in [6.07, 6.45) is 2.79. The van der Waals surface area contributed by atoms with Crippen LogP contribution in [0, 0.1) is 0 Å². The van der Waals surface area contributed by atoms with Gasteiger partial charge < -0.3 is 15.1 Å². The lowest BCUT2D eigenvalue weighted by Gasteiger charge is -2.36. The predicted molar refractivity (Wildman–Crippen MR) is 125 cm³/mol. The van der Waals surface area contributed by atoms with Crippen LogP contribution in [0.2, 0.25) is 4.47 Å². The highest BCUT2D eigenvalue weighted by Gasteiger charge is 2.22. The molecular formula is C23H25ClN4OS. The van der Waals surface area contributed by atoms with Gasteiger partial charge in [0.2, 0.25) is 0 Å². The first-order valence-corrected chi connectivity index (χ1v) is 11.4. The Morgan fingerprint density at radius 2 is 1.77 bits per heavy atom. The van der Waals surface area contributed by atoms with Gasteiger partial charge >= 0.3 is 0 Å². The number of halogens is 1. The lowest BCUT2D eigenvalue weighted by Crippen LogP contribution is -2.48. The van der Waals surface area contributed by atoms with Crippen LogP contribution in [0.1, 0.15) is 27.7 Å². The van der Waals surface area contributed by atoms with Crippen LogP contribution in [0.15, 0.2) is 54.7 Å². The molecule has 0 aliphatic carbocycles. The largest absolute Gasteiger partial charge is 0.380 e. The van der Waals surface area contributed by atoms with E-state index in [9.17, 15) is 4.79 Å². The van der Waals surface area contributed by atoms with Crippen molar-refractivity contribution < 1.29 is 4.79 Å². The predicted octanol–water partition coefficient (Wildman–Crippen LogP) is 4.93. The number of nitrogens with zero attached hydrogens (tertiary/aromatic N) is 3. The molecule has 30 heavy (non-hydrogen) atoms. The van der Waals surface area contributed by atoms with E-state index in [2.05, 4.69) is 46.4 Å². The van der Waals surface area contributed by atoms with Crippen LogP contribution >= 0.6 is 22.9 Å². The van der Waals surface area contributed by atoms with E-state index in [-0.39, 0.29) is 5.91 Å². The Hall–Kier alpha value is -2.57. The minimum atomic E-state index is 0.125. The summed E-state index contributed by atoms with van der Waals surface area (Å²) in [4.78, 5) is 22.2. The topological polar surface area (TPSA) is 48.5 Å². The summed E-state index contributed by atoms with van der Waals surface area (Å²) in [7, 11) is 0. The zero-order valence-corrected chi connectivity index (χ0v) is 18.5. The fourth-order valence-corrected chi connectivity index (χ4v) is 4.50. The summed E-state index contributed by atoms with van der Waals surface area (Å²) in [5.41, 5.74) is 4.27. The van der Waals surface area contributed by atoms with Crippen molar-refractivity contribution >= 4 is 40.2 Å². The van der Waals surface area contributed by atoms with Gasteiger partial charge in [-0.3, -0.25) is 4.79 Å². The maximum atomic E-state index is 12.8. The fourth-order valence-electron chi connectivity index (χ4n) is 3.58. The molecule has 0 saturated carbocycles. The van der Waals surface area contributed by atoms with E-state index in [1.807, 2.05) is 29.2 Å². The van der Waals surface area contributed by atoms with Crippen molar-refractivity contribution in [3.63, 3.8) is 0 Å². The van der Waals surface area contributed by atoms with E-state index in [1.54, 1.807) is 6.20 Å². The third-order valence-corrected chi connectivity index (χ3v) is 6.52. The molecule has 4 rings (SSSR count). The Morgan fingerprint density at radius 3 is 2.37 bits per heavy atom. The van der Waals surface area contributed by atoms with Crippen LogP contribution in [0.3, 0.4) is 0 Å². The molecule has 156 valence electrons. The molecule has 0 bridgehead atoms. The number of rotatable bonds is 6. The first-order chi connectivity index (χ1) is 14.6. The monoisotopic (exact) mass is 440 g/mol. The highest BCUT2D eigenvalue weighted by Crippen LogP contribution is 2.22. The molecule has 0 unspecified atom stereocenters. The molecule has 1 aromatic heterocycles. The summed E-state index contributed by atoms with van der Waals surface area (Å²) in [6, 6.07) is 16.4. The Labute approximate surface area is 186 Å². The summed E-state index contributed by atoms with van der Waals surface area (Å²) in [5, 5.41) is 3.39. The van der Waals surface area contributed by atoms with Crippen molar-refractivity contribution in [3.8, 4) is 0 Å². The van der Waals surface area contributed by atoms with Crippen LogP contribution in [-0.4, -0.2) is 42.0 Å². The summed E-state index contributed by atoms with van der Waals surface area (Å²) >= 11 is 7.36. The van der Waals surface area contributed by atoms with E-state index < -0.39 is 0 Å². The van der Waals surface area contributed by atoms with E-state index in [1.165, 1.54) is 22.6 Å². The van der Waals surface area contributed by atoms with Gasteiger partial charge in [0.05, 0.1) is 6.54 Å². The lowest BCUT2D eigenvalue weighted by molar-refractivity contribution is 0.0747. The maximum absolute atomic E-state index is 12.8. The number of nitrogens with one attached hydrogen (secondary N) is 1. The minimum absolute atomic E-state index is 0.125. The number of piperazine rings is 1. The number of carbonyl (C=O) groups excluding carboxylic acids is 1. The van der Waals surface area contributed by atoms with Gasteiger partial charge in [-0.2, -0.15) is 0 Å². The number of anilines is 2. The van der Waals surface area contributed by atoms with Gasteiger partial charge in [0.15, 0.2) is 4.47 Å². The third kappa shape index (κ3) is 4.94. The number of benzene rings is 2. The zero-order valence-electron chi connectivity index (χ0n) is 17.0. The average molecular weight is 441 g/mol. The molecule has 3 aromatic rings. The first kappa shape index (κ1) is 20.7. The van der Waals surface area contributed by atoms with Crippen LogP contribution in [-0.2, 0) is 13.0 Å². The van der Waals surface area contributed by atoms with E-state index in [0.29, 0.717) is 11.0 Å². The number of aromatic nitrogens is 1. The summed E-state index contributed by atoms with van der Waals surface area (Å²) < 4.78 is 0.567. The second kappa shape index (κ2) is 9.49. The molecule has 1 aliphatic rings. The molecule has 1 aliphatic heterocycles. The van der Waals surface area contributed by atoms with Crippen molar-refractivity contribution in [1.29, 1.82) is 0 Å². The second-order valence-corrected chi connectivity index (χ2v) is 9.01. The summed E-state index contributed by atoms with van der Waals surface area (Å²) in [5.74, 6) is 0.125. The minimum Gasteiger partial charge on any atom is -0.380 e. The molecule has 5 nitrogen and oxygen atoms in total. The highest BCUT2D eigenvalue weighted by molar-refractivity contribution is 7.15. The molecule has 1 saturated heterocycles. The van der Waals surface area contributed by atoms with Crippen molar-refractivity contribution in [2.24, 2.45) is 0 Å². The fraction of sp³-hybridized carbons (Fsp3) is 0.304. The van der Waals surface area contributed by atoms with Gasteiger partial charge in [-0.05, 0) is 48.4 Å². The van der Waals surface area contributed by atoms with Gasteiger partial charge in [-0.25, -0.2) is 4.98 Å². The van der Waals surface area contributed by atoms with Crippen molar-refractivity contribution in [1.82, 2.24) is 9.88 Å². The smallest absolute Gasteiger partial charge is 0.253 e. The van der Waals surface area contributed by atoms with E-state index >= 15 is 0 Å². The van der Waals surface area contributed by atoms with Crippen LogP contribution in [0.25, 0.3) is 0 Å². The van der Waals surface area contributed by atoms with E-state index in [4.69, 9.17) is 11.6 Å². The maximum Gasteiger partial charge on any atom is 0.253 e. The van der Waals surface area contributed by atoms with Crippen LogP contribution in [0.5, 0.6) is 0 Å². The number of amides is 1. The molecule has 1 N–H and O–H groups in total. The van der Waals surface area contributed by atoms with Crippen molar-refractivity contribution in [3.05, 3.63) is 75.2 Å². The SMILES string of the molecule is CCc1ccc(C(=O)N2CCN(c3ccc(NCc4cnc(Cl)s4)cc3)CC2)cc1. The van der Waals surface area contributed by atoms with Gasteiger partial charge in [-0.1, -0.05) is 30.7 Å². The quantitative estimate of drug-likeness (QED) is 0.590. The highest BCUT2D eigenvalue weighted by atomic mass is 35.5. The standard InChI is InChI=1S/C23H25ClN4OS/c1-2-17-3-5-18(6-4-17)22(29)28-13-11-27(12-14-28)20-9-7-19(8-10-20)25-15-21-16-26-23(24)30-21/h3-10,16,25H,2,11-15H2,1H3. The normalized spacial score (nSPS) is 14.1. The van der Waals surface area contributed by atoms with Gasteiger partial charge in [0, 0.05) is 54.2 Å². The molecule has 7 heteroatoms. The molecular weight excluding hydrogens is 416 g/mol. The molecule has 0 spiro atoms. The average Bonchev–Trinajstić information content (AvgIpc) is 3.23. The Kier molecular flexibility index (Phi) is 6.55. The number of hydrogen-bond acceptors (Lipinski definition) is 5. The number of aryl methyl sites for hydroxylation is 1. The van der Waals surface area contributed by atoms with Gasteiger partial charge in [0.1, 0.15) is 0 Å². The molecule has 1 fully saturated rings. The Bertz CT molecular complexity index is 979. The van der Waals surface area contributed by atoms with Crippen LogP contribution < -0.4 is 10.2 Å². The molecule has 0 atom stereocenters. The van der Waals surface area contributed by atoms with Crippen molar-refractivity contribution in [2.45, 2.75) is 19.9 Å². The lowest BCUT2D eigenvalue weighted by atomic mass is 10.1. The van der Waals surface area contributed by atoms with Gasteiger partial charge in [0.25, 0.3) is 5.91 Å². The molecule has 2 aromatic carbocycles. The van der Waals surface area contributed by atoms with Gasteiger partial charge in [-0.15, -0.1) is 11.3 Å². The number of carbonyl (C=O) groups is 1. The molecule has 0 radical (unpaired) electrons. The molecule has 2 heterocycles. The second-order valence-electron chi connectivity index (χ2n) is 7.31. The first-order valence-electron chi connectivity index (χ1n) is 10.2. The summed E-state index contributed by atoms with van der Waals surface area (Å²) in [6.45, 7) is 5.98. The van der Waals surface area contributed by atoms with E-state index in [0.717, 1.165) is 48.7 Å². The Morgan fingerprint density at radius 1 is 1.07 bits per heavy atom. The molecule has 1 amide bonds. The van der Waals surface area contributed by atoms with Crippen molar-refractivity contribution in [2.75, 3.05) is 36.4 Å². The third-order valence-electron chi connectivity index (χ3n) is 5.40. The number of hydrogen-bond donors (Lipinski definition) is 1. The number of thiazole rings is 1. The zero-order chi connectivity index (χ0) is 20.9. The Balaban J connectivity index is 1.29.